The van der Waals surface area contributed by atoms with Crippen LogP contribution in [0.3, 0.4) is 0 Å². The molecule has 6 nitrogen and oxygen atoms in total. The summed E-state index contributed by atoms with van der Waals surface area (Å²) in [6.07, 6.45) is 1.39. The number of carbonyl (C=O) groups is 2. The first kappa shape index (κ1) is 20.4. The minimum atomic E-state index is -1.12. The number of hydrogen-bond donors (Lipinski definition) is 2. The Bertz CT molecular complexity index is 660. The molecule has 136 valence electrons. The highest BCUT2D eigenvalue weighted by Gasteiger charge is 2.23. The first-order valence-electron chi connectivity index (χ1n) is 8.10. The van der Waals surface area contributed by atoms with E-state index in [2.05, 4.69) is 16.9 Å². The maximum atomic E-state index is 11.8. The van der Waals surface area contributed by atoms with Crippen LogP contribution in [-0.4, -0.2) is 34.5 Å². The van der Waals surface area contributed by atoms with Gasteiger partial charge in [-0.2, -0.15) is 0 Å². The van der Waals surface area contributed by atoms with Crippen LogP contribution in [0.1, 0.15) is 39.2 Å². The molecule has 0 aliphatic heterocycles. The third-order valence-corrected chi connectivity index (χ3v) is 3.29. The zero-order chi connectivity index (χ0) is 19.0. The number of alkyl carbamates (subject to hydrolysis) is 1. The van der Waals surface area contributed by atoms with E-state index in [-0.39, 0.29) is 6.42 Å². The van der Waals surface area contributed by atoms with Crippen LogP contribution in [0.25, 0.3) is 0 Å². The molecule has 0 radical (unpaired) electrons. The predicted molar refractivity (Wildman–Crippen MR) is 98.5 cm³/mol. The zero-order valence-corrected chi connectivity index (χ0v) is 15.2. The molecule has 1 amide bonds. The first-order valence-corrected chi connectivity index (χ1v) is 8.10. The van der Waals surface area contributed by atoms with Crippen LogP contribution in [0, 0.1) is 6.92 Å². The van der Waals surface area contributed by atoms with Crippen molar-refractivity contribution in [2.45, 2.75) is 52.2 Å². The summed E-state index contributed by atoms with van der Waals surface area (Å²) >= 11 is 0. The predicted octanol–water partition coefficient (Wildman–Crippen LogP) is 4.01. The molecule has 1 aromatic rings. The Kier molecular flexibility index (Phi) is 7.36. The van der Waals surface area contributed by atoms with E-state index < -0.39 is 23.7 Å². The minimum absolute atomic E-state index is 0.186. The molecular weight excluding hydrogens is 320 g/mol. The van der Waals surface area contributed by atoms with Gasteiger partial charge in [0.15, 0.2) is 0 Å². The number of aryl methyl sites for hydroxylation is 1. The van der Waals surface area contributed by atoms with E-state index in [1.807, 2.05) is 31.2 Å². The smallest absolute Gasteiger partial charge is 0.408 e. The van der Waals surface area contributed by atoms with Gasteiger partial charge in [-0.25, -0.2) is 9.59 Å². The fourth-order valence-corrected chi connectivity index (χ4v) is 2.05. The number of hydrogen-bond acceptors (Lipinski definition) is 4. The molecule has 0 aliphatic carbocycles. The van der Waals surface area contributed by atoms with Crippen LogP contribution >= 0.6 is 0 Å². The van der Waals surface area contributed by atoms with Crippen molar-refractivity contribution < 1.29 is 19.4 Å². The van der Waals surface area contributed by atoms with Crippen LogP contribution in [0.5, 0.6) is 0 Å². The molecular formula is C19H26N2O4. The number of carboxylic acids is 1. The van der Waals surface area contributed by atoms with Gasteiger partial charge in [0.05, 0.1) is 5.69 Å². The first-order chi connectivity index (χ1) is 11.6. The quantitative estimate of drug-likeness (QED) is 0.730. The second-order valence-corrected chi connectivity index (χ2v) is 6.67. The number of benzene rings is 1. The summed E-state index contributed by atoms with van der Waals surface area (Å²) < 4.78 is 5.10. The summed E-state index contributed by atoms with van der Waals surface area (Å²) in [7, 11) is 0. The zero-order valence-electron chi connectivity index (χ0n) is 15.2. The average Bonchev–Trinajstić information content (AvgIpc) is 2.49. The maximum Gasteiger partial charge on any atom is 0.408 e. The Morgan fingerprint density at radius 2 is 2.00 bits per heavy atom. The summed E-state index contributed by atoms with van der Waals surface area (Å²) in [5.74, 6) is -1.12. The number of ether oxygens (including phenoxy) is 1. The van der Waals surface area contributed by atoms with Crippen molar-refractivity contribution in [1.29, 1.82) is 0 Å². The summed E-state index contributed by atoms with van der Waals surface area (Å²) in [6.45, 7) is 10.8. The minimum Gasteiger partial charge on any atom is -0.480 e. The van der Waals surface area contributed by atoms with Crippen LogP contribution in [0.15, 0.2) is 41.9 Å². The van der Waals surface area contributed by atoms with Crippen LogP contribution in [0.2, 0.25) is 0 Å². The van der Waals surface area contributed by atoms with Crippen molar-refractivity contribution in [3.05, 3.63) is 42.5 Å². The number of aliphatic imine (C=N–C) groups is 1. The van der Waals surface area contributed by atoms with E-state index in [1.165, 1.54) is 0 Å². The van der Waals surface area contributed by atoms with Gasteiger partial charge in [-0.05, 0) is 58.2 Å². The number of carbonyl (C=O) groups excluding carboxylic acids is 1. The molecule has 2 N–H and O–H groups in total. The Hall–Kier alpha value is -2.63. The number of nitrogens with zero attached hydrogens (tertiary/aromatic N) is 1. The van der Waals surface area contributed by atoms with Crippen molar-refractivity contribution >= 4 is 23.5 Å². The number of para-hydroxylation sites is 1. The fourth-order valence-electron chi connectivity index (χ4n) is 2.05. The molecule has 0 aromatic heterocycles. The largest absolute Gasteiger partial charge is 0.480 e. The monoisotopic (exact) mass is 346 g/mol. The van der Waals surface area contributed by atoms with Crippen LogP contribution in [0.4, 0.5) is 10.5 Å². The summed E-state index contributed by atoms with van der Waals surface area (Å²) in [5.41, 5.74) is 1.80. The van der Waals surface area contributed by atoms with E-state index in [9.17, 15) is 14.7 Å². The molecule has 0 saturated carbocycles. The summed E-state index contributed by atoms with van der Waals surface area (Å²) in [4.78, 5) is 27.7. The Morgan fingerprint density at radius 3 is 2.52 bits per heavy atom. The Labute approximate surface area is 148 Å². The van der Waals surface area contributed by atoms with Gasteiger partial charge in [-0.1, -0.05) is 24.8 Å². The van der Waals surface area contributed by atoms with Gasteiger partial charge >= 0.3 is 12.1 Å². The lowest BCUT2D eigenvalue weighted by Gasteiger charge is -2.22. The summed E-state index contributed by atoms with van der Waals surface area (Å²) in [6, 6.07) is 6.58. The van der Waals surface area contributed by atoms with E-state index in [0.717, 1.165) is 11.3 Å². The second-order valence-electron chi connectivity index (χ2n) is 6.67. The average molecular weight is 346 g/mol. The van der Waals surface area contributed by atoms with E-state index >= 15 is 0 Å². The molecule has 1 unspecified atom stereocenters. The van der Waals surface area contributed by atoms with Crippen LogP contribution < -0.4 is 5.32 Å². The highest BCUT2D eigenvalue weighted by Crippen LogP contribution is 2.18. The molecule has 1 rings (SSSR count). The number of rotatable bonds is 7. The highest BCUT2D eigenvalue weighted by atomic mass is 16.6. The van der Waals surface area contributed by atoms with Crippen molar-refractivity contribution in [2.24, 2.45) is 4.99 Å². The summed E-state index contributed by atoms with van der Waals surface area (Å²) in [5, 5.41) is 11.7. The van der Waals surface area contributed by atoms with Gasteiger partial charge in [0.1, 0.15) is 11.6 Å². The fraction of sp³-hybridized carbons (Fsp3) is 0.421. The molecule has 0 spiro atoms. The standard InChI is InChI=1S/C19H26N2O4/c1-6-14(20-15-10-8-7-9-13(15)2)11-12-16(17(22)23)21-18(24)25-19(3,4)5/h6-10,16H,1,11-12H2,2-5H3,(H,21,24)(H,22,23). The number of allylic oxidation sites excluding steroid dienone is 1. The number of aliphatic carboxylic acids is 1. The molecule has 0 heterocycles. The molecule has 0 aliphatic rings. The molecule has 0 bridgehead atoms. The molecule has 25 heavy (non-hydrogen) atoms. The third kappa shape index (κ3) is 7.65. The maximum absolute atomic E-state index is 11.8. The van der Waals surface area contributed by atoms with Gasteiger partial charge in [0.25, 0.3) is 0 Å². The van der Waals surface area contributed by atoms with E-state index in [0.29, 0.717) is 12.1 Å². The van der Waals surface area contributed by atoms with Gasteiger partial charge in [0, 0.05) is 5.71 Å². The lowest BCUT2D eigenvalue weighted by molar-refractivity contribution is -0.139. The van der Waals surface area contributed by atoms with Gasteiger partial charge in [-0.3, -0.25) is 4.99 Å². The third-order valence-electron chi connectivity index (χ3n) is 3.29. The Balaban J connectivity index is 2.75. The van der Waals surface area contributed by atoms with Crippen LogP contribution in [-0.2, 0) is 9.53 Å². The van der Waals surface area contributed by atoms with Crippen molar-refractivity contribution in [1.82, 2.24) is 5.32 Å². The van der Waals surface area contributed by atoms with Gasteiger partial charge < -0.3 is 15.2 Å². The molecule has 0 fully saturated rings. The van der Waals surface area contributed by atoms with E-state index in [4.69, 9.17) is 4.74 Å². The molecule has 1 atom stereocenters. The SMILES string of the molecule is C=CC(CCC(NC(=O)OC(C)(C)C)C(=O)O)=Nc1ccccc1C. The van der Waals surface area contributed by atoms with Crippen molar-refractivity contribution in [2.75, 3.05) is 0 Å². The molecule has 1 aromatic carbocycles. The number of nitrogens with one attached hydrogen (secondary N) is 1. The topological polar surface area (TPSA) is 88.0 Å². The number of carboxylic acid groups (broad SMARTS) is 1. The lowest BCUT2D eigenvalue weighted by Crippen LogP contribution is -2.43. The van der Waals surface area contributed by atoms with Gasteiger partial charge in [0.2, 0.25) is 0 Å². The second kappa shape index (κ2) is 9.01. The number of amides is 1. The molecule has 0 saturated heterocycles. The lowest BCUT2D eigenvalue weighted by atomic mass is 10.1. The Morgan fingerprint density at radius 1 is 1.36 bits per heavy atom. The van der Waals surface area contributed by atoms with E-state index in [1.54, 1.807) is 26.8 Å². The molecule has 6 heteroatoms. The van der Waals surface area contributed by atoms with Crippen molar-refractivity contribution in [3.63, 3.8) is 0 Å². The van der Waals surface area contributed by atoms with Crippen molar-refractivity contribution in [3.8, 4) is 0 Å². The normalized spacial score (nSPS) is 13.0. The highest BCUT2D eigenvalue weighted by molar-refractivity contribution is 5.96. The van der Waals surface area contributed by atoms with Gasteiger partial charge in [-0.15, -0.1) is 0 Å².